The molecule has 6 heteroatoms. The lowest BCUT2D eigenvalue weighted by Gasteiger charge is -2.23. The van der Waals surface area contributed by atoms with Crippen LogP contribution in [0.2, 0.25) is 0 Å². The van der Waals surface area contributed by atoms with Gasteiger partial charge < -0.3 is 4.74 Å². The maximum absolute atomic E-state index is 12.9. The molecule has 96 valence electrons. The maximum atomic E-state index is 12.9. The number of hydrogen-bond donors (Lipinski definition) is 0. The third kappa shape index (κ3) is 3.48. The summed E-state index contributed by atoms with van der Waals surface area (Å²) in [5.41, 5.74) is 0.565. The molecule has 18 heavy (non-hydrogen) atoms. The van der Waals surface area contributed by atoms with E-state index in [0.29, 0.717) is 5.56 Å². The third-order valence-electron chi connectivity index (χ3n) is 1.99. The van der Waals surface area contributed by atoms with E-state index in [1.807, 2.05) is 0 Å². The van der Waals surface area contributed by atoms with Crippen LogP contribution >= 0.6 is 0 Å². The van der Waals surface area contributed by atoms with Gasteiger partial charge in [-0.25, -0.2) is 0 Å². The second-order valence-electron chi connectivity index (χ2n) is 3.54. The van der Waals surface area contributed by atoms with Crippen molar-refractivity contribution in [3.8, 4) is 11.8 Å². The Bertz CT molecular complexity index is 468. The quantitative estimate of drug-likeness (QED) is 0.607. The SMILES string of the molecule is CC(F)(F)C(F)(F)Oc1ccc(/C=C/C#N)cc1. The molecule has 0 bridgehead atoms. The molecule has 2 nitrogen and oxygen atoms in total. The van der Waals surface area contributed by atoms with Gasteiger partial charge in [0.1, 0.15) is 5.75 Å². The molecule has 0 heterocycles. The minimum absolute atomic E-state index is 0.0804. The van der Waals surface area contributed by atoms with Crippen molar-refractivity contribution in [2.45, 2.75) is 19.0 Å². The number of nitriles is 1. The van der Waals surface area contributed by atoms with Gasteiger partial charge in [0.25, 0.3) is 0 Å². The van der Waals surface area contributed by atoms with Crippen LogP contribution in [0.3, 0.4) is 0 Å². The maximum Gasteiger partial charge on any atom is 0.463 e. The van der Waals surface area contributed by atoms with E-state index >= 15 is 0 Å². The van der Waals surface area contributed by atoms with Gasteiger partial charge in [-0.2, -0.15) is 22.8 Å². The predicted molar refractivity (Wildman–Crippen MR) is 57.3 cm³/mol. The molecular weight excluding hydrogens is 250 g/mol. The molecule has 0 aliphatic rings. The van der Waals surface area contributed by atoms with Crippen LogP contribution in [-0.2, 0) is 0 Å². The second kappa shape index (κ2) is 5.08. The number of benzene rings is 1. The number of hydrogen-bond acceptors (Lipinski definition) is 2. The zero-order valence-electron chi connectivity index (χ0n) is 9.33. The Morgan fingerprint density at radius 3 is 2.17 bits per heavy atom. The minimum atomic E-state index is -4.57. The molecule has 0 fully saturated rings. The highest BCUT2D eigenvalue weighted by atomic mass is 19.3. The molecule has 0 saturated carbocycles. The van der Waals surface area contributed by atoms with Gasteiger partial charge in [-0.15, -0.1) is 0 Å². The molecule has 0 N–H and O–H groups in total. The molecule has 0 spiro atoms. The molecule has 0 aliphatic heterocycles. The Labute approximate surface area is 101 Å². The molecule has 0 saturated heterocycles. The van der Waals surface area contributed by atoms with E-state index in [0.717, 1.165) is 12.1 Å². The first-order valence-electron chi connectivity index (χ1n) is 4.87. The first-order chi connectivity index (χ1) is 8.26. The van der Waals surface area contributed by atoms with Gasteiger partial charge in [-0.1, -0.05) is 12.1 Å². The molecule has 1 aromatic rings. The molecule has 0 aliphatic carbocycles. The van der Waals surface area contributed by atoms with Crippen molar-refractivity contribution in [1.29, 1.82) is 5.26 Å². The summed E-state index contributed by atoms with van der Waals surface area (Å²) >= 11 is 0. The average molecular weight is 259 g/mol. The molecule has 1 aromatic carbocycles. The van der Waals surface area contributed by atoms with Crippen LogP contribution in [0.4, 0.5) is 17.6 Å². The lowest BCUT2D eigenvalue weighted by molar-refractivity contribution is -0.301. The summed E-state index contributed by atoms with van der Waals surface area (Å²) < 4.78 is 54.8. The number of allylic oxidation sites excluding steroid dienone is 1. The number of alkyl halides is 4. The van der Waals surface area contributed by atoms with Crippen LogP contribution in [0.1, 0.15) is 12.5 Å². The first-order valence-corrected chi connectivity index (χ1v) is 4.87. The smallest absolute Gasteiger partial charge is 0.428 e. The Morgan fingerprint density at radius 2 is 1.72 bits per heavy atom. The van der Waals surface area contributed by atoms with E-state index in [2.05, 4.69) is 4.74 Å². The summed E-state index contributed by atoms with van der Waals surface area (Å²) in [7, 11) is 0. The molecular formula is C12H9F4NO. The fraction of sp³-hybridized carbons (Fsp3) is 0.250. The number of rotatable bonds is 4. The summed E-state index contributed by atoms with van der Waals surface area (Å²) in [4.78, 5) is 0. The highest BCUT2D eigenvalue weighted by Gasteiger charge is 2.55. The van der Waals surface area contributed by atoms with Crippen molar-refractivity contribution in [3.63, 3.8) is 0 Å². The Hall–Kier alpha value is -2.03. The molecule has 0 aromatic heterocycles. The lowest BCUT2D eigenvalue weighted by Crippen LogP contribution is -2.42. The topological polar surface area (TPSA) is 33.0 Å². The normalized spacial score (nSPS) is 12.4. The van der Waals surface area contributed by atoms with Crippen molar-refractivity contribution < 1.29 is 22.3 Å². The van der Waals surface area contributed by atoms with E-state index < -0.39 is 12.0 Å². The number of halogens is 4. The molecule has 1 rings (SSSR count). The minimum Gasteiger partial charge on any atom is -0.428 e. The zero-order valence-corrected chi connectivity index (χ0v) is 9.33. The summed E-state index contributed by atoms with van der Waals surface area (Å²) in [6.07, 6.45) is -1.93. The van der Waals surface area contributed by atoms with Crippen LogP contribution < -0.4 is 4.74 Å². The number of nitrogens with zero attached hydrogens (tertiary/aromatic N) is 1. The third-order valence-corrected chi connectivity index (χ3v) is 1.99. The molecule has 0 radical (unpaired) electrons. The van der Waals surface area contributed by atoms with Gasteiger partial charge in [-0.3, -0.25) is 0 Å². The second-order valence-corrected chi connectivity index (χ2v) is 3.54. The largest absolute Gasteiger partial charge is 0.463 e. The van der Waals surface area contributed by atoms with Gasteiger partial charge in [-0.05, 0) is 23.8 Å². The van der Waals surface area contributed by atoms with Crippen LogP contribution in [-0.4, -0.2) is 12.0 Å². The van der Waals surface area contributed by atoms with E-state index in [4.69, 9.17) is 5.26 Å². The lowest BCUT2D eigenvalue weighted by atomic mass is 10.2. The van der Waals surface area contributed by atoms with E-state index in [9.17, 15) is 17.6 Å². The Balaban J connectivity index is 2.82. The van der Waals surface area contributed by atoms with Crippen molar-refractivity contribution in [3.05, 3.63) is 35.9 Å². The van der Waals surface area contributed by atoms with Gasteiger partial charge >= 0.3 is 12.0 Å². The first kappa shape index (κ1) is 14.0. The number of ether oxygens (including phenoxy) is 1. The fourth-order valence-corrected chi connectivity index (χ4v) is 1.02. The van der Waals surface area contributed by atoms with E-state index in [1.165, 1.54) is 24.3 Å². The zero-order chi connectivity index (χ0) is 13.8. The van der Waals surface area contributed by atoms with Gasteiger partial charge in [0.05, 0.1) is 6.07 Å². The highest BCUT2D eigenvalue weighted by molar-refractivity contribution is 5.52. The van der Waals surface area contributed by atoms with Gasteiger partial charge in [0.15, 0.2) is 0 Å². The average Bonchev–Trinajstić information content (AvgIpc) is 2.26. The van der Waals surface area contributed by atoms with E-state index in [1.54, 1.807) is 6.07 Å². The van der Waals surface area contributed by atoms with Crippen LogP contribution in [0.25, 0.3) is 6.08 Å². The van der Waals surface area contributed by atoms with Crippen molar-refractivity contribution >= 4 is 6.08 Å². The van der Waals surface area contributed by atoms with Gasteiger partial charge in [0, 0.05) is 13.0 Å². The van der Waals surface area contributed by atoms with Crippen molar-refractivity contribution in [1.82, 2.24) is 0 Å². The summed E-state index contributed by atoms with van der Waals surface area (Å²) in [5.74, 6) is -4.65. The summed E-state index contributed by atoms with van der Waals surface area (Å²) in [6, 6.07) is 6.74. The standard InChI is InChI=1S/C12H9F4NO/c1-11(13,14)12(15,16)18-10-6-4-9(5-7-10)3-2-8-17/h2-7H,1H3/b3-2+. The molecule has 0 amide bonds. The van der Waals surface area contributed by atoms with Crippen molar-refractivity contribution in [2.75, 3.05) is 0 Å². The monoisotopic (exact) mass is 259 g/mol. The summed E-state index contributed by atoms with van der Waals surface area (Å²) in [5, 5.41) is 8.28. The van der Waals surface area contributed by atoms with E-state index in [-0.39, 0.29) is 12.7 Å². The van der Waals surface area contributed by atoms with Crippen LogP contribution in [0, 0.1) is 11.3 Å². The van der Waals surface area contributed by atoms with Crippen LogP contribution in [0.15, 0.2) is 30.3 Å². The predicted octanol–water partition coefficient (Wildman–Crippen LogP) is 3.85. The Kier molecular flexibility index (Phi) is 3.96. The van der Waals surface area contributed by atoms with Gasteiger partial charge in [0.2, 0.25) is 0 Å². The molecule has 0 atom stereocenters. The fourth-order valence-electron chi connectivity index (χ4n) is 1.02. The van der Waals surface area contributed by atoms with Crippen molar-refractivity contribution in [2.24, 2.45) is 0 Å². The molecule has 0 unspecified atom stereocenters. The Morgan fingerprint density at radius 1 is 1.17 bits per heavy atom. The highest BCUT2D eigenvalue weighted by Crippen LogP contribution is 2.35. The van der Waals surface area contributed by atoms with Crippen LogP contribution in [0.5, 0.6) is 5.75 Å². The summed E-state index contributed by atoms with van der Waals surface area (Å²) in [6.45, 7) is 0.0804.